The fourth-order valence-corrected chi connectivity index (χ4v) is 3.56. The molecule has 4 nitrogen and oxygen atoms in total. The minimum Gasteiger partial charge on any atom is -0.480 e. The second-order valence-electron chi connectivity index (χ2n) is 7.64. The SMILES string of the molecule is CC[C@@H](Oc1cc(C)ccc1C)C(=O)N1CCN(c2cccc(C(F)(F)F)c2)CC1. The van der Waals surface area contributed by atoms with Gasteiger partial charge in [0.15, 0.2) is 6.10 Å². The van der Waals surface area contributed by atoms with Crippen molar-refractivity contribution in [2.45, 2.75) is 39.5 Å². The highest BCUT2D eigenvalue weighted by Gasteiger charge is 2.32. The number of carbonyl (C=O) groups excluding carboxylic acids is 1. The molecule has 0 aliphatic carbocycles. The first-order valence-electron chi connectivity index (χ1n) is 10.1. The molecular formula is C23H27F3N2O2. The molecule has 0 bridgehead atoms. The standard InChI is InChI=1S/C23H27F3N2O2/c1-4-20(30-21-14-16(2)8-9-17(21)3)22(29)28-12-10-27(11-13-28)19-7-5-6-18(15-19)23(24,25)26/h5-9,14-15,20H,4,10-13H2,1-3H3/t20-/m1/s1. The van der Waals surface area contributed by atoms with Crippen LogP contribution in [0.15, 0.2) is 42.5 Å². The van der Waals surface area contributed by atoms with Gasteiger partial charge in [-0.3, -0.25) is 4.79 Å². The molecule has 0 aromatic heterocycles. The first-order chi connectivity index (χ1) is 14.2. The van der Waals surface area contributed by atoms with Crippen LogP contribution in [0.5, 0.6) is 5.75 Å². The molecule has 0 spiro atoms. The van der Waals surface area contributed by atoms with Gasteiger partial charge >= 0.3 is 6.18 Å². The lowest BCUT2D eigenvalue weighted by atomic mass is 10.1. The van der Waals surface area contributed by atoms with Crippen molar-refractivity contribution in [2.75, 3.05) is 31.1 Å². The maximum absolute atomic E-state index is 13.0. The van der Waals surface area contributed by atoms with E-state index in [0.717, 1.165) is 23.3 Å². The number of hydrogen-bond acceptors (Lipinski definition) is 3. The molecule has 2 aromatic carbocycles. The Hall–Kier alpha value is -2.70. The van der Waals surface area contributed by atoms with Crippen LogP contribution in [0.2, 0.25) is 0 Å². The topological polar surface area (TPSA) is 32.8 Å². The summed E-state index contributed by atoms with van der Waals surface area (Å²) in [5.74, 6) is 0.625. The summed E-state index contributed by atoms with van der Waals surface area (Å²) < 4.78 is 45.0. The van der Waals surface area contributed by atoms with E-state index in [1.165, 1.54) is 6.07 Å². The number of aryl methyl sites for hydroxylation is 2. The van der Waals surface area contributed by atoms with Crippen LogP contribution in [0.4, 0.5) is 18.9 Å². The summed E-state index contributed by atoms with van der Waals surface area (Å²) in [6.07, 6.45) is -4.40. The van der Waals surface area contributed by atoms with E-state index in [1.54, 1.807) is 11.0 Å². The predicted octanol–water partition coefficient (Wildman–Crippen LogP) is 4.83. The summed E-state index contributed by atoms with van der Waals surface area (Å²) in [5, 5.41) is 0. The Labute approximate surface area is 175 Å². The second-order valence-corrected chi connectivity index (χ2v) is 7.64. The van der Waals surface area contributed by atoms with Gasteiger partial charge in [0, 0.05) is 31.9 Å². The van der Waals surface area contributed by atoms with Crippen LogP contribution in [0.25, 0.3) is 0 Å². The van der Waals surface area contributed by atoms with Gasteiger partial charge in [-0.25, -0.2) is 0 Å². The Balaban J connectivity index is 1.63. The molecule has 3 rings (SSSR count). The second kappa shape index (κ2) is 8.98. The number of halogens is 3. The van der Waals surface area contributed by atoms with E-state index in [1.807, 2.05) is 43.9 Å². The summed E-state index contributed by atoms with van der Waals surface area (Å²) >= 11 is 0. The monoisotopic (exact) mass is 420 g/mol. The zero-order chi connectivity index (χ0) is 21.9. The molecule has 162 valence electrons. The van der Waals surface area contributed by atoms with E-state index in [-0.39, 0.29) is 5.91 Å². The Bertz CT molecular complexity index is 890. The number of amides is 1. The molecular weight excluding hydrogens is 393 g/mol. The van der Waals surface area contributed by atoms with Gasteiger partial charge in [-0.15, -0.1) is 0 Å². The zero-order valence-electron chi connectivity index (χ0n) is 17.5. The van der Waals surface area contributed by atoms with Gasteiger partial charge in [0.1, 0.15) is 5.75 Å². The highest BCUT2D eigenvalue weighted by Crippen LogP contribution is 2.32. The minimum atomic E-state index is -4.37. The largest absolute Gasteiger partial charge is 0.480 e. The third-order valence-electron chi connectivity index (χ3n) is 5.39. The molecule has 0 radical (unpaired) electrons. The van der Waals surface area contributed by atoms with Gasteiger partial charge in [0.05, 0.1) is 5.56 Å². The van der Waals surface area contributed by atoms with Crippen molar-refractivity contribution >= 4 is 11.6 Å². The molecule has 1 aliphatic rings. The molecule has 1 atom stereocenters. The molecule has 2 aromatic rings. The van der Waals surface area contributed by atoms with E-state index in [2.05, 4.69) is 0 Å². The number of ether oxygens (including phenoxy) is 1. The number of carbonyl (C=O) groups is 1. The molecule has 1 aliphatic heterocycles. The number of nitrogens with zero attached hydrogens (tertiary/aromatic N) is 2. The maximum Gasteiger partial charge on any atom is 0.416 e. The molecule has 30 heavy (non-hydrogen) atoms. The lowest BCUT2D eigenvalue weighted by molar-refractivity contribution is -0.139. The molecule has 0 unspecified atom stereocenters. The minimum absolute atomic E-state index is 0.0814. The molecule has 1 saturated heterocycles. The average molecular weight is 420 g/mol. The fourth-order valence-electron chi connectivity index (χ4n) is 3.56. The van der Waals surface area contributed by atoms with Gasteiger partial charge in [-0.1, -0.05) is 25.1 Å². The van der Waals surface area contributed by atoms with Crippen molar-refractivity contribution in [3.63, 3.8) is 0 Å². The summed E-state index contributed by atoms with van der Waals surface area (Å²) in [6.45, 7) is 7.68. The molecule has 7 heteroatoms. The van der Waals surface area contributed by atoms with E-state index >= 15 is 0 Å². The van der Waals surface area contributed by atoms with Crippen molar-refractivity contribution in [1.82, 2.24) is 4.90 Å². The van der Waals surface area contributed by atoms with E-state index in [9.17, 15) is 18.0 Å². The summed E-state index contributed by atoms with van der Waals surface area (Å²) in [6, 6.07) is 11.2. The van der Waals surface area contributed by atoms with Crippen molar-refractivity contribution in [2.24, 2.45) is 0 Å². The van der Waals surface area contributed by atoms with Crippen LogP contribution in [0.1, 0.15) is 30.0 Å². The normalized spacial score (nSPS) is 15.8. The quantitative estimate of drug-likeness (QED) is 0.695. The van der Waals surface area contributed by atoms with Crippen LogP contribution in [0.3, 0.4) is 0 Å². The van der Waals surface area contributed by atoms with Crippen molar-refractivity contribution < 1.29 is 22.7 Å². The van der Waals surface area contributed by atoms with Gasteiger partial charge in [-0.2, -0.15) is 13.2 Å². The molecule has 1 heterocycles. The van der Waals surface area contributed by atoms with Crippen molar-refractivity contribution in [3.8, 4) is 5.75 Å². The van der Waals surface area contributed by atoms with Gasteiger partial charge in [0.25, 0.3) is 5.91 Å². The lowest BCUT2D eigenvalue weighted by Crippen LogP contribution is -2.52. The number of benzene rings is 2. The van der Waals surface area contributed by atoms with Gasteiger partial charge in [0.2, 0.25) is 0 Å². The van der Waals surface area contributed by atoms with Crippen molar-refractivity contribution in [3.05, 3.63) is 59.2 Å². The van der Waals surface area contributed by atoms with E-state index in [0.29, 0.717) is 44.0 Å². The highest BCUT2D eigenvalue weighted by molar-refractivity contribution is 5.81. The average Bonchev–Trinajstić information content (AvgIpc) is 2.73. The number of hydrogen-bond donors (Lipinski definition) is 0. The summed E-state index contributed by atoms with van der Waals surface area (Å²) in [5.41, 5.74) is 1.90. The van der Waals surface area contributed by atoms with Crippen LogP contribution in [0, 0.1) is 13.8 Å². The zero-order valence-corrected chi connectivity index (χ0v) is 17.5. The Morgan fingerprint density at radius 1 is 1.07 bits per heavy atom. The van der Waals surface area contributed by atoms with E-state index < -0.39 is 17.8 Å². The Morgan fingerprint density at radius 2 is 1.77 bits per heavy atom. The van der Waals surface area contributed by atoms with Crippen LogP contribution in [-0.2, 0) is 11.0 Å². The predicted molar refractivity (Wildman–Crippen MR) is 111 cm³/mol. The molecule has 1 amide bonds. The maximum atomic E-state index is 13.0. The smallest absolute Gasteiger partial charge is 0.416 e. The highest BCUT2D eigenvalue weighted by atomic mass is 19.4. The third-order valence-corrected chi connectivity index (χ3v) is 5.39. The fraction of sp³-hybridized carbons (Fsp3) is 0.435. The van der Waals surface area contributed by atoms with Gasteiger partial charge in [-0.05, 0) is 55.7 Å². The Morgan fingerprint density at radius 3 is 2.40 bits per heavy atom. The molecule has 0 saturated carbocycles. The van der Waals surface area contributed by atoms with Crippen molar-refractivity contribution in [1.29, 1.82) is 0 Å². The summed E-state index contributed by atoms with van der Waals surface area (Å²) in [7, 11) is 0. The first-order valence-corrected chi connectivity index (χ1v) is 10.1. The molecule has 1 fully saturated rings. The van der Waals surface area contributed by atoms with Crippen LogP contribution in [-0.4, -0.2) is 43.1 Å². The number of anilines is 1. The number of rotatable bonds is 5. The van der Waals surface area contributed by atoms with Crippen LogP contribution < -0.4 is 9.64 Å². The van der Waals surface area contributed by atoms with E-state index in [4.69, 9.17) is 4.74 Å². The van der Waals surface area contributed by atoms with Gasteiger partial charge < -0.3 is 14.5 Å². The number of alkyl halides is 3. The molecule has 0 N–H and O–H groups in total. The third kappa shape index (κ3) is 5.07. The number of piperazine rings is 1. The summed E-state index contributed by atoms with van der Waals surface area (Å²) in [4.78, 5) is 16.6. The lowest BCUT2D eigenvalue weighted by Gasteiger charge is -2.37. The Kier molecular flexibility index (Phi) is 6.58. The van der Waals surface area contributed by atoms with Crippen LogP contribution >= 0.6 is 0 Å². The first kappa shape index (κ1) is 22.0.